The molecule has 0 bridgehead atoms. The molecule has 0 aliphatic heterocycles. The Kier molecular flexibility index (Phi) is 2.46. The number of phenolic OH excluding ortho intramolecular Hbond substituents is 2. The third-order valence-corrected chi connectivity index (χ3v) is 2.62. The predicted octanol–water partition coefficient (Wildman–Crippen LogP) is 2.36. The lowest BCUT2D eigenvalue weighted by atomic mass is 10.1. The van der Waals surface area contributed by atoms with E-state index in [0.29, 0.717) is 22.3 Å². The van der Waals surface area contributed by atoms with E-state index in [1.54, 1.807) is 6.92 Å². The van der Waals surface area contributed by atoms with E-state index in [4.69, 9.17) is 9.15 Å². The summed E-state index contributed by atoms with van der Waals surface area (Å²) < 4.78 is 10.4. The van der Waals surface area contributed by atoms with Crippen molar-refractivity contribution < 1.29 is 24.2 Å². The van der Waals surface area contributed by atoms with E-state index >= 15 is 0 Å². The molecule has 0 amide bonds. The number of aromatic hydroxyl groups is 2. The minimum absolute atomic E-state index is 0.0436. The third-order valence-electron chi connectivity index (χ3n) is 2.62. The van der Waals surface area contributed by atoms with Crippen LogP contribution in [0.4, 0.5) is 0 Å². The monoisotopic (exact) mass is 236 g/mol. The van der Waals surface area contributed by atoms with Crippen LogP contribution in [0.15, 0.2) is 10.5 Å². The highest BCUT2D eigenvalue weighted by molar-refractivity contribution is 6.10. The summed E-state index contributed by atoms with van der Waals surface area (Å²) in [6.45, 7) is 3.05. The SMILES string of the molecule is COc1c(O)c(O)cc2oc(C)c(C(C)=O)c12. The molecule has 0 aliphatic rings. The molecule has 0 saturated heterocycles. The van der Waals surface area contributed by atoms with Crippen LogP contribution in [0.3, 0.4) is 0 Å². The second-order valence-electron chi connectivity index (χ2n) is 3.74. The van der Waals surface area contributed by atoms with Crippen LogP contribution in [0.1, 0.15) is 23.0 Å². The number of carbonyl (C=O) groups is 1. The van der Waals surface area contributed by atoms with Gasteiger partial charge in [0.05, 0.1) is 18.1 Å². The van der Waals surface area contributed by atoms with Gasteiger partial charge in [0.2, 0.25) is 5.75 Å². The maximum atomic E-state index is 11.5. The van der Waals surface area contributed by atoms with E-state index in [0.717, 1.165) is 0 Å². The summed E-state index contributed by atoms with van der Waals surface area (Å²) in [5.74, 6) is -0.469. The van der Waals surface area contributed by atoms with Gasteiger partial charge in [-0.25, -0.2) is 0 Å². The first-order valence-electron chi connectivity index (χ1n) is 5.00. The van der Waals surface area contributed by atoms with Crippen molar-refractivity contribution in [2.45, 2.75) is 13.8 Å². The molecule has 1 aromatic heterocycles. The third kappa shape index (κ3) is 1.51. The van der Waals surface area contributed by atoms with E-state index in [1.165, 1.54) is 20.1 Å². The van der Waals surface area contributed by atoms with Gasteiger partial charge < -0.3 is 19.4 Å². The summed E-state index contributed by atoms with van der Waals surface area (Å²) in [6.07, 6.45) is 0. The van der Waals surface area contributed by atoms with Crippen molar-refractivity contribution in [3.05, 3.63) is 17.4 Å². The van der Waals surface area contributed by atoms with Crippen molar-refractivity contribution in [1.29, 1.82) is 0 Å². The van der Waals surface area contributed by atoms with Crippen molar-refractivity contribution >= 4 is 16.8 Å². The standard InChI is InChI=1S/C12H12O5/c1-5(13)9-6(2)17-8-4-7(14)11(15)12(16-3)10(8)9/h4,14-15H,1-3H3. The Bertz CT molecular complexity index is 609. The molecule has 5 nitrogen and oxygen atoms in total. The minimum atomic E-state index is -0.400. The Hall–Kier alpha value is -2.17. The molecule has 1 heterocycles. The smallest absolute Gasteiger partial charge is 0.201 e. The van der Waals surface area contributed by atoms with Gasteiger partial charge in [-0.2, -0.15) is 0 Å². The first-order chi connectivity index (χ1) is 7.97. The highest BCUT2D eigenvalue weighted by atomic mass is 16.5. The summed E-state index contributed by atoms with van der Waals surface area (Å²) in [6, 6.07) is 1.26. The number of benzene rings is 1. The Morgan fingerprint density at radius 2 is 2.06 bits per heavy atom. The van der Waals surface area contributed by atoms with Crippen LogP contribution >= 0.6 is 0 Å². The molecule has 2 rings (SSSR count). The number of ether oxygens (including phenoxy) is 1. The molecule has 5 heteroatoms. The Balaban J connectivity index is 2.98. The van der Waals surface area contributed by atoms with Crippen LogP contribution < -0.4 is 4.74 Å². The van der Waals surface area contributed by atoms with Crippen LogP contribution in [0.2, 0.25) is 0 Å². The predicted molar refractivity (Wildman–Crippen MR) is 60.8 cm³/mol. The normalized spacial score (nSPS) is 10.8. The highest BCUT2D eigenvalue weighted by Crippen LogP contribution is 2.45. The Morgan fingerprint density at radius 3 is 2.59 bits per heavy atom. The lowest BCUT2D eigenvalue weighted by molar-refractivity contribution is 0.101. The zero-order valence-corrected chi connectivity index (χ0v) is 9.70. The molecule has 0 radical (unpaired) electrons. The molecule has 0 spiro atoms. The van der Waals surface area contributed by atoms with Crippen LogP contribution in [0.25, 0.3) is 11.0 Å². The first-order valence-corrected chi connectivity index (χ1v) is 5.00. The van der Waals surface area contributed by atoms with Gasteiger partial charge in [0.15, 0.2) is 17.3 Å². The summed E-state index contributed by atoms with van der Waals surface area (Å²) in [4.78, 5) is 11.5. The van der Waals surface area contributed by atoms with Crippen molar-refractivity contribution in [3.8, 4) is 17.2 Å². The zero-order valence-electron chi connectivity index (χ0n) is 9.70. The summed E-state index contributed by atoms with van der Waals surface area (Å²) in [5.41, 5.74) is 0.659. The van der Waals surface area contributed by atoms with Gasteiger partial charge >= 0.3 is 0 Å². The number of aryl methyl sites for hydroxylation is 1. The molecule has 90 valence electrons. The fraction of sp³-hybridized carbons (Fsp3) is 0.250. The molecular weight excluding hydrogens is 224 g/mol. The average molecular weight is 236 g/mol. The van der Waals surface area contributed by atoms with Crippen molar-refractivity contribution in [2.75, 3.05) is 7.11 Å². The van der Waals surface area contributed by atoms with Crippen molar-refractivity contribution in [1.82, 2.24) is 0 Å². The van der Waals surface area contributed by atoms with E-state index < -0.39 is 5.75 Å². The van der Waals surface area contributed by atoms with E-state index in [2.05, 4.69) is 0 Å². The molecule has 1 aromatic carbocycles. The fourth-order valence-corrected chi connectivity index (χ4v) is 1.94. The number of methoxy groups -OCH3 is 1. The average Bonchev–Trinajstić information content (AvgIpc) is 2.56. The van der Waals surface area contributed by atoms with E-state index in [1.807, 2.05) is 0 Å². The molecule has 2 aromatic rings. The number of furan rings is 1. The molecule has 0 unspecified atom stereocenters. The molecule has 0 fully saturated rings. The Morgan fingerprint density at radius 1 is 1.41 bits per heavy atom. The van der Waals surface area contributed by atoms with Gasteiger partial charge in [0.25, 0.3) is 0 Å². The summed E-state index contributed by atoms with van der Waals surface area (Å²) >= 11 is 0. The lowest BCUT2D eigenvalue weighted by Crippen LogP contribution is -1.94. The second-order valence-corrected chi connectivity index (χ2v) is 3.74. The maximum absolute atomic E-state index is 11.5. The maximum Gasteiger partial charge on any atom is 0.201 e. The molecule has 17 heavy (non-hydrogen) atoms. The van der Waals surface area contributed by atoms with Gasteiger partial charge in [0, 0.05) is 6.07 Å². The van der Waals surface area contributed by atoms with Gasteiger partial charge in [-0.3, -0.25) is 4.79 Å². The number of carbonyl (C=O) groups excluding carboxylic acids is 1. The van der Waals surface area contributed by atoms with Gasteiger partial charge in [-0.05, 0) is 13.8 Å². The molecule has 0 aliphatic carbocycles. The first kappa shape index (κ1) is 11.3. The number of phenols is 2. The lowest BCUT2D eigenvalue weighted by Gasteiger charge is -2.06. The number of hydrogen-bond donors (Lipinski definition) is 2. The Labute approximate surface area is 97.2 Å². The second kappa shape index (κ2) is 3.69. The summed E-state index contributed by atoms with van der Waals surface area (Å²) in [5, 5.41) is 19.6. The van der Waals surface area contributed by atoms with Crippen LogP contribution in [-0.4, -0.2) is 23.1 Å². The number of hydrogen-bond acceptors (Lipinski definition) is 5. The van der Waals surface area contributed by atoms with E-state index in [9.17, 15) is 15.0 Å². The van der Waals surface area contributed by atoms with Gasteiger partial charge in [0.1, 0.15) is 11.3 Å². The van der Waals surface area contributed by atoms with Crippen LogP contribution in [0, 0.1) is 6.92 Å². The van der Waals surface area contributed by atoms with Gasteiger partial charge in [-0.1, -0.05) is 0 Å². The van der Waals surface area contributed by atoms with Crippen LogP contribution in [-0.2, 0) is 0 Å². The fourth-order valence-electron chi connectivity index (χ4n) is 1.94. The summed E-state index contributed by atoms with van der Waals surface area (Å²) in [7, 11) is 1.35. The largest absolute Gasteiger partial charge is 0.504 e. The molecular formula is C12H12O5. The minimum Gasteiger partial charge on any atom is -0.504 e. The van der Waals surface area contributed by atoms with E-state index in [-0.39, 0.29) is 17.3 Å². The molecule has 0 saturated carbocycles. The highest BCUT2D eigenvalue weighted by Gasteiger charge is 2.23. The van der Waals surface area contributed by atoms with Gasteiger partial charge in [-0.15, -0.1) is 0 Å². The van der Waals surface area contributed by atoms with Crippen molar-refractivity contribution in [3.63, 3.8) is 0 Å². The quantitative estimate of drug-likeness (QED) is 0.618. The van der Waals surface area contributed by atoms with Crippen LogP contribution in [0.5, 0.6) is 17.2 Å². The number of fused-ring (bicyclic) bond motifs is 1. The molecule has 2 N–H and O–H groups in total. The van der Waals surface area contributed by atoms with Crippen molar-refractivity contribution in [2.24, 2.45) is 0 Å². The zero-order chi connectivity index (χ0) is 12.7. The molecule has 0 atom stereocenters. The topological polar surface area (TPSA) is 79.9 Å². The number of Topliss-reactive ketones (excluding diaryl/α,β-unsaturated/α-hetero) is 1. The number of ketones is 1. The number of rotatable bonds is 2.